The van der Waals surface area contributed by atoms with Crippen LogP contribution in [-0.4, -0.2) is 0 Å². The average molecular weight is 352 g/mol. The van der Waals surface area contributed by atoms with Gasteiger partial charge in [-0.15, -0.1) is 0 Å². The van der Waals surface area contributed by atoms with Gasteiger partial charge in [0.1, 0.15) is 11.3 Å². The van der Waals surface area contributed by atoms with E-state index in [4.69, 9.17) is 10.2 Å². The van der Waals surface area contributed by atoms with E-state index in [2.05, 4.69) is 15.9 Å². The summed E-state index contributed by atoms with van der Waals surface area (Å²) >= 11 is 3.40. The number of halogens is 3. The van der Waals surface area contributed by atoms with Gasteiger partial charge in [0.15, 0.2) is 11.6 Å². The molecular weight excluding hydrogens is 340 g/mol. The minimum absolute atomic E-state index is 0.168. The van der Waals surface area contributed by atoms with Gasteiger partial charge in [0.2, 0.25) is 0 Å². The second-order valence-corrected chi connectivity index (χ2v) is 5.68. The van der Waals surface area contributed by atoms with E-state index in [1.165, 1.54) is 12.1 Å². The smallest absolute Gasteiger partial charge is 0.162 e. The van der Waals surface area contributed by atoms with Crippen LogP contribution in [0.1, 0.15) is 17.4 Å². The van der Waals surface area contributed by atoms with Crippen LogP contribution in [0.5, 0.6) is 0 Å². The summed E-state index contributed by atoms with van der Waals surface area (Å²) in [5, 5.41) is 0.912. The largest absolute Gasteiger partial charge is 0.458 e. The summed E-state index contributed by atoms with van der Waals surface area (Å²) in [6.45, 7) is 0. The molecule has 3 rings (SSSR count). The van der Waals surface area contributed by atoms with Crippen molar-refractivity contribution in [1.82, 2.24) is 0 Å². The van der Waals surface area contributed by atoms with Gasteiger partial charge in [-0.05, 0) is 46.1 Å². The molecule has 0 aliphatic heterocycles. The van der Waals surface area contributed by atoms with Gasteiger partial charge >= 0.3 is 0 Å². The van der Waals surface area contributed by atoms with Crippen LogP contribution in [0.15, 0.2) is 51.4 Å². The summed E-state index contributed by atoms with van der Waals surface area (Å²) in [7, 11) is 0. The standard InChI is InChI=1S/C16H12BrF2NO/c17-11-5-1-4-10-8-14(21-16(10)11)13(20)7-9-3-2-6-12(18)15(9)19/h1-6,8,13H,7,20H2. The van der Waals surface area contributed by atoms with Crippen LogP contribution in [0.2, 0.25) is 0 Å². The highest BCUT2D eigenvalue weighted by molar-refractivity contribution is 9.10. The monoisotopic (exact) mass is 351 g/mol. The predicted octanol–water partition coefficient (Wildman–Crippen LogP) is 4.72. The van der Waals surface area contributed by atoms with Crippen LogP contribution >= 0.6 is 15.9 Å². The molecule has 0 fully saturated rings. The fourth-order valence-corrected chi connectivity index (χ4v) is 2.74. The first-order chi connectivity index (χ1) is 10.1. The van der Waals surface area contributed by atoms with E-state index in [1.807, 2.05) is 24.3 Å². The Labute approximate surface area is 128 Å². The first-order valence-corrected chi connectivity index (χ1v) is 7.22. The zero-order chi connectivity index (χ0) is 15.0. The lowest BCUT2D eigenvalue weighted by Gasteiger charge is -2.09. The molecule has 2 aromatic carbocycles. The summed E-state index contributed by atoms with van der Waals surface area (Å²) in [5.74, 6) is -1.18. The van der Waals surface area contributed by atoms with Crippen molar-refractivity contribution in [3.63, 3.8) is 0 Å². The van der Waals surface area contributed by atoms with Gasteiger partial charge in [0, 0.05) is 5.39 Å². The summed E-state index contributed by atoms with van der Waals surface area (Å²) in [5.41, 5.74) is 7.00. The fourth-order valence-electron chi connectivity index (χ4n) is 2.27. The highest BCUT2D eigenvalue weighted by Crippen LogP contribution is 2.30. The van der Waals surface area contributed by atoms with Crippen molar-refractivity contribution in [2.45, 2.75) is 12.5 Å². The first-order valence-electron chi connectivity index (χ1n) is 6.42. The average Bonchev–Trinajstić information content (AvgIpc) is 2.89. The highest BCUT2D eigenvalue weighted by atomic mass is 79.9. The Balaban J connectivity index is 1.92. The van der Waals surface area contributed by atoms with Gasteiger partial charge in [-0.3, -0.25) is 0 Å². The summed E-state index contributed by atoms with van der Waals surface area (Å²) in [6.07, 6.45) is 0.168. The van der Waals surface area contributed by atoms with E-state index in [0.29, 0.717) is 11.3 Å². The normalized spacial score (nSPS) is 12.8. The number of fused-ring (bicyclic) bond motifs is 1. The van der Waals surface area contributed by atoms with Crippen LogP contribution in [0.4, 0.5) is 8.78 Å². The molecule has 1 unspecified atom stereocenters. The molecule has 0 amide bonds. The Kier molecular flexibility index (Phi) is 3.78. The molecule has 2 N–H and O–H groups in total. The zero-order valence-electron chi connectivity index (χ0n) is 10.9. The topological polar surface area (TPSA) is 39.2 Å². The molecule has 0 spiro atoms. The van der Waals surface area contributed by atoms with Crippen molar-refractivity contribution in [1.29, 1.82) is 0 Å². The number of rotatable bonds is 3. The molecule has 0 saturated carbocycles. The Morgan fingerprint density at radius 2 is 1.90 bits per heavy atom. The van der Waals surface area contributed by atoms with Crippen molar-refractivity contribution < 1.29 is 13.2 Å². The van der Waals surface area contributed by atoms with Crippen molar-refractivity contribution >= 4 is 26.9 Å². The molecule has 21 heavy (non-hydrogen) atoms. The second-order valence-electron chi connectivity index (χ2n) is 4.83. The lowest BCUT2D eigenvalue weighted by Crippen LogP contribution is -2.13. The number of benzene rings is 2. The number of nitrogens with two attached hydrogens (primary N) is 1. The van der Waals surface area contributed by atoms with Gasteiger partial charge in [0.25, 0.3) is 0 Å². The van der Waals surface area contributed by atoms with E-state index in [9.17, 15) is 8.78 Å². The van der Waals surface area contributed by atoms with Gasteiger partial charge in [-0.2, -0.15) is 0 Å². The van der Waals surface area contributed by atoms with Crippen molar-refractivity contribution in [3.05, 3.63) is 69.9 Å². The molecule has 0 aliphatic carbocycles. The van der Waals surface area contributed by atoms with Crippen LogP contribution in [0, 0.1) is 11.6 Å². The molecule has 5 heteroatoms. The van der Waals surface area contributed by atoms with Gasteiger partial charge in [-0.25, -0.2) is 8.78 Å². The van der Waals surface area contributed by atoms with E-state index in [1.54, 1.807) is 0 Å². The Morgan fingerprint density at radius 3 is 2.67 bits per heavy atom. The van der Waals surface area contributed by atoms with Crippen LogP contribution in [0.25, 0.3) is 11.0 Å². The van der Waals surface area contributed by atoms with Crippen molar-refractivity contribution in [3.8, 4) is 0 Å². The fraction of sp³-hybridized carbons (Fsp3) is 0.125. The third-order valence-corrected chi connectivity index (χ3v) is 3.98. The van der Waals surface area contributed by atoms with Crippen molar-refractivity contribution in [2.75, 3.05) is 0 Å². The highest BCUT2D eigenvalue weighted by Gasteiger charge is 2.17. The van der Waals surface area contributed by atoms with Crippen molar-refractivity contribution in [2.24, 2.45) is 5.73 Å². The molecule has 1 aromatic heterocycles. The van der Waals surface area contributed by atoms with E-state index >= 15 is 0 Å². The zero-order valence-corrected chi connectivity index (χ0v) is 12.5. The number of furan rings is 1. The van der Waals surface area contributed by atoms with E-state index in [-0.39, 0.29) is 12.0 Å². The molecule has 0 radical (unpaired) electrons. The molecule has 3 aromatic rings. The van der Waals surface area contributed by atoms with Crippen LogP contribution < -0.4 is 5.73 Å². The lowest BCUT2D eigenvalue weighted by atomic mass is 10.0. The quantitative estimate of drug-likeness (QED) is 0.741. The molecule has 108 valence electrons. The molecular formula is C16H12BrF2NO. The number of hydrogen-bond acceptors (Lipinski definition) is 2. The van der Waals surface area contributed by atoms with Crippen LogP contribution in [-0.2, 0) is 6.42 Å². The van der Waals surface area contributed by atoms with Gasteiger partial charge in [0.05, 0.1) is 10.5 Å². The maximum Gasteiger partial charge on any atom is 0.162 e. The minimum atomic E-state index is -0.868. The summed E-state index contributed by atoms with van der Waals surface area (Å²) < 4.78 is 33.4. The first kappa shape index (κ1) is 14.2. The van der Waals surface area contributed by atoms with Gasteiger partial charge in [-0.1, -0.05) is 24.3 Å². The Hall–Kier alpha value is -1.72. The molecule has 1 atom stereocenters. The molecule has 0 aliphatic rings. The maximum atomic E-state index is 13.7. The molecule has 1 heterocycles. The molecule has 0 saturated heterocycles. The number of hydrogen-bond donors (Lipinski definition) is 1. The van der Waals surface area contributed by atoms with Crippen LogP contribution in [0.3, 0.4) is 0 Å². The van der Waals surface area contributed by atoms with E-state index in [0.717, 1.165) is 15.9 Å². The third-order valence-electron chi connectivity index (χ3n) is 3.35. The third kappa shape index (κ3) is 2.71. The Morgan fingerprint density at radius 1 is 1.14 bits per heavy atom. The minimum Gasteiger partial charge on any atom is -0.458 e. The number of para-hydroxylation sites is 1. The second kappa shape index (κ2) is 5.58. The summed E-state index contributed by atoms with van der Waals surface area (Å²) in [6, 6.07) is 11.0. The maximum absolute atomic E-state index is 13.7. The predicted molar refractivity (Wildman–Crippen MR) is 80.9 cm³/mol. The summed E-state index contributed by atoms with van der Waals surface area (Å²) in [4.78, 5) is 0. The van der Waals surface area contributed by atoms with Gasteiger partial charge < -0.3 is 10.2 Å². The van der Waals surface area contributed by atoms with E-state index < -0.39 is 17.7 Å². The SMILES string of the molecule is NC(Cc1cccc(F)c1F)c1cc2cccc(Br)c2o1. The molecule has 0 bridgehead atoms. The Bertz CT molecular complexity index is 800. The lowest BCUT2D eigenvalue weighted by molar-refractivity contribution is 0.470. The molecule has 2 nitrogen and oxygen atoms in total.